The zero-order chi connectivity index (χ0) is 10.6. The highest BCUT2D eigenvalue weighted by Crippen LogP contribution is 2.15. The van der Waals surface area contributed by atoms with E-state index in [0.717, 1.165) is 10.9 Å². The van der Waals surface area contributed by atoms with Crippen molar-refractivity contribution in [3.8, 4) is 0 Å². The highest BCUT2D eigenvalue weighted by atomic mass is 79.9. The van der Waals surface area contributed by atoms with Crippen LogP contribution in [-0.2, 0) is 0 Å². The zero-order valence-electron chi connectivity index (χ0n) is 8.59. The normalized spacial score (nSPS) is 10.6. The SMILES string of the molecule is CC(C)c1ccc(C(=O)CCBr)cc1. The Morgan fingerprint density at radius 3 is 2.29 bits per heavy atom. The number of ketones is 1. The molecule has 0 bridgehead atoms. The van der Waals surface area contributed by atoms with E-state index in [-0.39, 0.29) is 5.78 Å². The van der Waals surface area contributed by atoms with E-state index < -0.39 is 0 Å². The molecular weight excluding hydrogens is 240 g/mol. The first-order valence-corrected chi connectivity index (χ1v) is 5.96. The Balaban J connectivity index is 2.78. The molecule has 0 saturated heterocycles. The molecule has 0 amide bonds. The van der Waals surface area contributed by atoms with Crippen LogP contribution in [-0.4, -0.2) is 11.1 Å². The fraction of sp³-hybridized carbons (Fsp3) is 0.417. The fourth-order valence-corrected chi connectivity index (χ4v) is 1.64. The molecule has 76 valence electrons. The smallest absolute Gasteiger partial charge is 0.163 e. The van der Waals surface area contributed by atoms with Gasteiger partial charge in [-0.25, -0.2) is 0 Å². The summed E-state index contributed by atoms with van der Waals surface area (Å²) in [6, 6.07) is 7.90. The third-order valence-corrected chi connectivity index (χ3v) is 2.62. The van der Waals surface area contributed by atoms with Gasteiger partial charge < -0.3 is 0 Å². The summed E-state index contributed by atoms with van der Waals surface area (Å²) in [7, 11) is 0. The molecule has 0 unspecified atom stereocenters. The topological polar surface area (TPSA) is 17.1 Å². The van der Waals surface area contributed by atoms with Crippen LogP contribution in [0.15, 0.2) is 24.3 Å². The van der Waals surface area contributed by atoms with Crippen LogP contribution in [0.4, 0.5) is 0 Å². The first-order valence-electron chi connectivity index (χ1n) is 4.84. The maximum absolute atomic E-state index is 11.5. The van der Waals surface area contributed by atoms with Crippen LogP contribution >= 0.6 is 15.9 Å². The van der Waals surface area contributed by atoms with Gasteiger partial charge in [0.25, 0.3) is 0 Å². The monoisotopic (exact) mass is 254 g/mol. The van der Waals surface area contributed by atoms with Gasteiger partial charge in [-0.1, -0.05) is 54.0 Å². The Labute approximate surface area is 93.7 Å². The molecule has 0 aromatic heterocycles. The molecule has 1 aromatic rings. The van der Waals surface area contributed by atoms with Crippen molar-refractivity contribution in [2.45, 2.75) is 26.2 Å². The average molecular weight is 255 g/mol. The molecule has 14 heavy (non-hydrogen) atoms. The third-order valence-electron chi connectivity index (χ3n) is 2.22. The molecule has 0 atom stereocenters. The summed E-state index contributed by atoms with van der Waals surface area (Å²) in [5, 5.41) is 0.734. The van der Waals surface area contributed by atoms with Crippen molar-refractivity contribution in [1.29, 1.82) is 0 Å². The zero-order valence-corrected chi connectivity index (χ0v) is 10.2. The average Bonchev–Trinajstić information content (AvgIpc) is 2.18. The van der Waals surface area contributed by atoms with E-state index in [0.29, 0.717) is 12.3 Å². The first-order chi connectivity index (χ1) is 6.65. The van der Waals surface area contributed by atoms with E-state index in [1.54, 1.807) is 0 Å². The molecule has 1 aromatic carbocycles. The molecule has 1 nitrogen and oxygen atoms in total. The van der Waals surface area contributed by atoms with Crippen LogP contribution in [0.5, 0.6) is 0 Å². The number of carbonyl (C=O) groups is 1. The lowest BCUT2D eigenvalue weighted by atomic mass is 10.00. The van der Waals surface area contributed by atoms with Gasteiger partial charge in [-0.05, 0) is 11.5 Å². The molecule has 0 fully saturated rings. The largest absolute Gasteiger partial charge is 0.294 e. The van der Waals surface area contributed by atoms with Crippen molar-refractivity contribution < 1.29 is 4.79 Å². The number of halogens is 1. The van der Waals surface area contributed by atoms with E-state index >= 15 is 0 Å². The quantitative estimate of drug-likeness (QED) is 0.591. The van der Waals surface area contributed by atoms with E-state index in [9.17, 15) is 4.79 Å². The lowest BCUT2D eigenvalue weighted by molar-refractivity contribution is 0.0990. The minimum absolute atomic E-state index is 0.206. The summed E-state index contributed by atoms with van der Waals surface area (Å²) in [4.78, 5) is 11.5. The molecule has 0 radical (unpaired) electrons. The third kappa shape index (κ3) is 2.95. The number of carbonyl (C=O) groups excluding carboxylic acids is 1. The number of rotatable bonds is 4. The fourth-order valence-electron chi connectivity index (χ4n) is 1.28. The molecule has 0 aliphatic carbocycles. The Hall–Kier alpha value is -0.630. The molecule has 2 heteroatoms. The van der Waals surface area contributed by atoms with Crippen LogP contribution < -0.4 is 0 Å². The number of benzene rings is 1. The maximum atomic E-state index is 11.5. The Bertz CT molecular complexity index is 301. The van der Waals surface area contributed by atoms with Gasteiger partial charge >= 0.3 is 0 Å². The molecule has 0 heterocycles. The summed E-state index contributed by atoms with van der Waals surface area (Å²) in [5.74, 6) is 0.729. The van der Waals surface area contributed by atoms with Gasteiger partial charge in [-0.2, -0.15) is 0 Å². The Morgan fingerprint density at radius 1 is 1.29 bits per heavy atom. The van der Waals surface area contributed by atoms with Crippen LogP contribution in [0.2, 0.25) is 0 Å². The molecule has 0 aliphatic heterocycles. The Kier molecular flexibility index (Phi) is 4.33. The van der Waals surface area contributed by atoms with E-state index in [2.05, 4.69) is 29.8 Å². The van der Waals surface area contributed by atoms with Crippen molar-refractivity contribution in [3.63, 3.8) is 0 Å². The van der Waals surface area contributed by atoms with Gasteiger partial charge in [0, 0.05) is 17.3 Å². The summed E-state index contributed by atoms with van der Waals surface area (Å²) in [5.41, 5.74) is 2.09. The predicted molar refractivity (Wildman–Crippen MR) is 63.3 cm³/mol. The number of hydrogen-bond acceptors (Lipinski definition) is 1. The number of Topliss-reactive ketones (excluding diaryl/α,β-unsaturated/α-hetero) is 1. The summed E-state index contributed by atoms with van der Waals surface area (Å²) in [6.45, 7) is 4.30. The molecule has 0 aliphatic rings. The van der Waals surface area contributed by atoms with E-state index in [4.69, 9.17) is 0 Å². The lowest BCUT2D eigenvalue weighted by Gasteiger charge is -2.05. The highest BCUT2D eigenvalue weighted by molar-refractivity contribution is 9.09. The van der Waals surface area contributed by atoms with Crippen LogP contribution in [0.25, 0.3) is 0 Å². The molecular formula is C12H15BrO. The van der Waals surface area contributed by atoms with Crippen molar-refractivity contribution in [2.75, 3.05) is 5.33 Å². The Morgan fingerprint density at radius 2 is 1.86 bits per heavy atom. The molecule has 1 rings (SSSR count). The maximum Gasteiger partial charge on any atom is 0.163 e. The standard InChI is InChI=1S/C12H15BrO/c1-9(2)10-3-5-11(6-4-10)12(14)7-8-13/h3-6,9H,7-8H2,1-2H3. The van der Waals surface area contributed by atoms with Crippen molar-refractivity contribution in [3.05, 3.63) is 35.4 Å². The highest BCUT2D eigenvalue weighted by Gasteiger charge is 2.05. The van der Waals surface area contributed by atoms with Crippen molar-refractivity contribution in [2.24, 2.45) is 0 Å². The minimum Gasteiger partial charge on any atom is -0.294 e. The summed E-state index contributed by atoms with van der Waals surface area (Å²) in [6.07, 6.45) is 0.570. The van der Waals surface area contributed by atoms with E-state index in [1.807, 2.05) is 24.3 Å². The van der Waals surface area contributed by atoms with Gasteiger partial charge in [-0.15, -0.1) is 0 Å². The summed E-state index contributed by atoms with van der Waals surface area (Å²) >= 11 is 3.26. The predicted octanol–water partition coefficient (Wildman–Crippen LogP) is 3.78. The van der Waals surface area contributed by atoms with Crippen LogP contribution in [0.1, 0.15) is 42.1 Å². The van der Waals surface area contributed by atoms with Crippen molar-refractivity contribution >= 4 is 21.7 Å². The minimum atomic E-state index is 0.206. The van der Waals surface area contributed by atoms with Crippen LogP contribution in [0, 0.1) is 0 Å². The first kappa shape index (κ1) is 11.4. The number of hydrogen-bond donors (Lipinski definition) is 0. The summed E-state index contributed by atoms with van der Waals surface area (Å²) < 4.78 is 0. The van der Waals surface area contributed by atoms with E-state index in [1.165, 1.54) is 5.56 Å². The molecule has 0 spiro atoms. The second-order valence-electron chi connectivity index (χ2n) is 3.64. The van der Waals surface area contributed by atoms with Crippen LogP contribution in [0.3, 0.4) is 0 Å². The van der Waals surface area contributed by atoms with Gasteiger partial charge in [0.1, 0.15) is 0 Å². The molecule has 0 N–H and O–H groups in total. The second-order valence-corrected chi connectivity index (χ2v) is 4.43. The second kappa shape index (κ2) is 5.30. The van der Waals surface area contributed by atoms with Gasteiger partial charge in [0.05, 0.1) is 0 Å². The van der Waals surface area contributed by atoms with Crippen molar-refractivity contribution in [1.82, 2.24) is 0 Å². The van der Waals surface area contributed by atoms with Gasteiger partial charge in [0.2, 0.25) is 0 Å². The lowest BCUT2D eigenvalue weighted by Crippen LogP contribution is -1.99. The molecule has 0 saturated carbocycles. The van der Waals surface area contributed by atoms with Gasteiger partial charge in [-0.3, -0.25) is 4.79 Å². The van der Waals surface area contributed by atoms with Gasteiger partial charge in [0.15, 0.2) is 5.78 Å². The number of alkyl halides is 1.